The Morgan fingerprint density at radius 2 is 2.13 bits per heavy atom. The Labute approximate surface area is 86.6 Å². The number of aromatic nitrogens is 2. The van der Waals surface area contributed by atoms with Gasteiger partial charge in [-0.25, -0.2) is 9.37 Å². The highest BCUT2D eigenvalue weighted by molar-refractivity contribution is 5.55. The fourth-order valence-corrected chi connectivity index (χ4v) is 1.34. The Morgan fingerprint density at radius 1 is 1.40 bits per heavy atom. The molecule has 0 aliphatic carbocycles. The summed E-state index contributed by atoms with van der Waals surface area (Å²) in [5.74, 6) is 0.105. The predicted molar refractivity (Wildman–Crippen MR) is 54.6 cm³/mol. The molecule has 1 heterocycles. The third-order valence-electron chi connectivity index (χ3n) is 2.17. The lowest BCUT2D eigenvalue weighted by Crippen LogP contribution is -1.91. The Balaban J connectivity index is 2.42. The largest absolute Gasteiger partial charge is 0.387 e. The second-order valence-electron chi connectivity index (χ2n) is 3.34. The van der Waals surface area contributed by atoms with Gasteiger partial charge >= 0.3 is 0 Å². The van der Waals surface area contributed by atoms with Crippen molar-refractivity contribution in [2.24, 2.45) is 0 Å². The van der Waals surface area contributed by atoms with Crippen molar-refractivity contribution in [1.82, 2.24) is 9.97 Å². The van der Waals surface area contributed by atoms with Crippen LogP contribution in [-0.4, -0.2) is 15.1 Å². The molecule has 2 N–H and O–H groups in total. The van der Waals surface area contributed by atoms with Gasteiger partial charge in [0.1, 0.15) is 11.6 Å². The fourth-order valence-electron chi connectivity index (χ4n) is 1.34. The number of nitrogens with zero attached hydrogens (tertiary/aromatic N) is 1. The number of aliphatic hydroxyl groups excluding tert-OH is 1. The van der Waals surface area contributed by atoms with Gasteiger partial charge in [-0.2, -0.15) is 0 Å². The minimum Gasteiger partial charge on any atom is -0.387 e. The van der Waals surface area contributed by atoms with Gasteiger partial charge in [-0.3, -0.25) is 0 Å². The summed E-state index contributed by atoms with van der Waals surface area (Å²) >= 11 is 0. The molecule has 1 aromatic carbocycles. The number of benzene rings is 1. The van der Waals surface area contributed by atoms with Crippen molar-refractivity contribution in [2.45, 2.75) is 13.0 Å². The Morgan fingerprint density at radius 3 is 2.73 bits per heavy atom. The molecule has 1 unspecified atom stereocenters. The summed E-state index contributed by atoms with van der Waals surface area (Å²) in [4.78, 5) is 6.88. The lowest BCUT2D eigenvalue weighted by atomic mass is 10.2. The van der Waals surface area contributed by atoms with E-state index in [1.807, 2.05) is 0 Å². The van der Waals surface area contributed by atoms with E-state index < -0.39 is 6.10 Å². The molecule has 0 radical (unpaired) electrons. The van der Waals surface area contributed by atoms with E-state index in [-0.39, 0.29) is 5.82 Å². The molecule has 4 heteroatoms. The maximum atomic E-state index is 13.4. The summed E-state index contributed by atoms with van der Waals surface area (Å²) in [6.45, 7) is 1.62. The highest BCUT2D eigenvalue weighted by Crippen LogP contribution is 2.20. The molecular weight excluding hydrogens is 195 g/mol. The monoisotopic (exact) mass is 206 g/mol. The minimum absolute atomic E-state index is 0.330. The molecule has 0 amide bonds. The molecule has 0 saturated heterocycles. The molecule has 0 spiro atoms. The zero-order valence-electron chi connectivity index (χ0n) is 8.24. The number of hydrogen-bond acceptors (Lipinski definition) is 2. The number of rotatable bonds is 2. The van der Waals surface area contributed by atoms with E-state index >= 15 is 0 Å². The first kappa shape index (κ1) is 9.86. The summed E-state index contributed by atoms with van der Waals surface area (Å²) in [6, 6.07) is 6.38. The van der Waals surface area contributed by atoms with Crippen LogP contribution in [0.2, 0.25) is 0 Å². The van der Waals surface area contributed by atoms with Crippen LogP contribution in [0.1, 0.15) is 18.7 Å². The molecule has 0 fully saturated rings. The van der Waals surface area contributed by atoms with Crippen LogP contribution in [0, 0.1) is 5.82 Å². The van der Waals surface area contributed by atoms with Crippen LogP contribution in [0.25, 0.3) is 11.4 Å². The first-order valence-corrected chi connectivity index (χ1v) is 4.66. The number of aromatic amines is 1. The number of imidazole rings is 1. The molecule has 2 rings (SSSR count). The van der Waals surface area contributed by atoms with Crippen LogP contribution < -0.4 is 0 Å². The van der Waals surface area contributed by atoms with Crippen molar-refractivity contribution >= 4 is 0 Å². The predicted octanol–water partition coefficient (Wildman–Crippen LogP) is 2.27. The number of nitrogens with one attached hydrogen (secondary N) is 1. The summed E-state index contributed by atoms with van der Waals surface area (Å²) in [5.41, 5.74) is 0.984. The number of halogens is 1. The van der Waals surface area contributed by atoms with E-state index in [2.05, 4.69) is 9.97 Å². The Hall–Kier alpha value is -1.68. The maximum Gasteiger partial charge on any atom is 0.140 e. The van der Waals surface area contributed by atoms with E-state index in [0.717, 1.165) is 0 Å². The molecule has 15 heavy (non-hydrogen) atoms. The molecule has 2 aromatic rings. The van der Waals surface area contributed by atoms with Crippen molar-refractivity contribution in [3.8, 4) is 11.4 Å². The summed E-state index contributed by atoms with van der Waals surface area (Å²) < 4.78 is 13.4. The van der Waals surface area contributed by atoms with Gasteiger partial charge in [0.25, 0.3) is 0 Å². The average molecular weight is 206 g/mol. The number of hydrogen-bond donors (Lipinski definition) is 2. The molecule has 78 valence electrons. The standard InChI is InChI=1S/C11H11FN2O/c1-7(15)10-6-13-11(14-10)8-4-2-3-5-9(8)12/h2-7,15H,1H3,(H,13,14). The quantitative estimate of drug-likeness (QED) is 0.791. The molecule has 0 aliphatic heterocycles. The van der Waals surface area contributed by atoms with Crippen molar-refractivity contribution in [1.29, 1.82) is 0 Å². The zero-order valence-corrected chi connectivity index (χ0v) is 8.24. The number of H-pyrrole nitrogens is 1. The van der Waals surface area contributed by atoms with Crippen molar-refractivity contribution < 1.29 is 9.50 Å². The van der Waals surface area contributed by atoms with Gasteiger partial charge in [-0.05, 0) is 19.1 Å². The highest BCUT2D eigenvalue weighted by atomic mass is 19.1. The van der Waals surface area contributed by atoms with Gasteiger partial charge in [0.2, 0.25) is 0 Å². The first-order valence-electron chi connectivity index (χ1n) is 4.66. The smallest absolute Gasteiger partial charge is 0.140 e. The molecule has 3 nitrogen and oxygen atoms in total. The zero-order chi connectivity index (χ0) is 10.8. The van der Waals surface area contributed by atoms with Crippen molar-refractivity contribution in [3.63, 3.8) is 0 Å². The normalized spacial score (nSPS) is 12.7. The first-order chi connectivity index (χ1) is 7.18. The Bertz CT molecular complexity index is 465. The van der Waals surface area contributed by atoms with Crippen LogP contribution in [0.15, 0.2) is 30.5 Å². The van der Waals surface area contributed by atoms with E-state index in [1.165, 1.54) is 12.3 Å². The van der Waals surface area contributed by atoms with Crippen LogP contribution in [-0.2, 0) is 0 Å². The molecule has 0 saturated carbocycles. The fraction of sp³-hybridized carbons (Fsp3) is 0.182. The average Bonchev–Trinajstić information content (AvgIpc) is 2.67. The van der Waals surface area contributed by atoms with Gasteiger partial charge in [0.05, 0.1) is 23.6 Å². The topological polar surface area (TPSA) is 48.9 Å². The van der Waals surface area contributed by atoms with Crippen molar-refractivity contribution in [2.75, 3.05) is 0 Å². The van der Waals surface area contributed by atoms with Gasteiger partial charge in [-0.15, -0.1) is 0 Å². The third-order valence-corrected chi connectivity index (χ3v) is 2.17. The van der Waals surface area contributed by atoms with Gasteiger partial charge < -0.3 is 10.1 Å². The van der Waals surface area contributed by atoms with Gasteiger partial charge in [0.15, 0.2) is 0 Å². The van der Waals surface area contributed by atoms with E-state index in [1.54, 1.807) is 25.1 Å². The summed E-state index contributed by atoms with van der Waals surface area (Å²) in [7, 11) is 0. The third kappa shape index (κ3) is 1.89. The highest BCUT2D eigenvalue weighted by Gasteiger charge is 2.09. The maximum absolute atomic E-state index is 13.4. The van der Waals surface area contributed by atoms with Crippen LogP contribution in [0.3, 0.4) is 0 Å². The van der Waals surface area contributed by atoms with E-state index in [0.29, 0.717) is 17.1 Å². The van der Waals surface area contributed by atoms with Crippen molar-refractivity contribution in [3.05, 3.63) is 42.0 Å². The van der Waals surface area contributed by atoms with Crippen LogP contribution in [0.5, 0.6) is 0 Å². The van der Waals surface area contributed by atoms with Gasteiger partial charge in [0, 0.05) is 0 Å². The molecule has 1 atom stereocenters. The SMILES string of the molecule is CC(O)c1cnc(-c2ccccc2F)[nH]1. The second kappa shape index (κ2) is 3.82. The lowest BCUT2D eigenvalue weighted by molar-refractivity contribution is 0.195. The van der Waals surface area contributed by atoms with Crippen LogP contribution >= 0.6 is 0 Å². The summed E-state index contributed by atoms with van der Waals surface area (Å²) in [6.07, 6.45) is 0.880. The van der Waals surface area contributed by atoms with Crippen LogP contribution in [0.4, 0.5) is 4.39 Å². The lowest BCUT2D eigenvalue weighted by Gasteiger charge is -2.00. The number of aliphatic hydroxyl groups is 1. The minimum atomic E-state index is -0.627. The molecule has 0 aliphatic rings. The van der Waals surface area contributed by atoms with Gasteiger partial charge in [-0.1, -0.05) is 12.1 Å². The molecular formula is C11H11FN2O. The molecule has 1 aromatic heterocycles. The summed E-state index contributed by atoms with van der Waals surface area (Å²) in [5, 5.41) is 9.29. The molecule has 0 bridgehead atoms. The second-order valence-corrected chi connectivity index (χ2v) is 3.34. The van der Waals surface area contributed by atoms with E-state index in [4.69, 9.17) is 0 Å². The van der Waals surface area contributed by atoms with E-state index in [9.17, 15) is 9.50 Å². The Kier molecular flexibility index (Phi) is 2.51.